The van der Waals surface area contributed by atoms with Crippen LogP contribution in [0.2, 0.25) is 0 Å². The Kier molecular flexibility index (Phi) is 8.23. The van der Waals surface area contributed by atoms with Crippen LogP contribution in [0, 0.1) is 0 Å². The Bertz CT molecular complexity index is 1130. The Morgan fingerprint density at radius 3 is 2.11 bits per heavy atom. The third-order valence-corrected chi connectivity index (χ3v) is 6.69. The first-order chi connectivity index (χ1) is 17.5. The van der Waals surface area contributed by atoms with Crippen molar-refractivity contribution >= 4 is 11.9 Å². The summed E-state index contributed by atoms with van der Waals surface area (Å²) in [4.78, 5) is 28.0. The number of benzene rings is 3. The van der Waals surface area contributed by atoms with Crippen LogP contribution in [-0.2, 0) is 9.53 Å². The van der Waals surface area contributed by atoms with Crippen LogP contribution in [0.5, 0.6) is 11.5 Å². The number of ether oxygens (including phenoxy) is 3. The van der Waals surface area contributed by atoms with Crippen molar-refractivity contribution in [3.8, 4) is 11.5 Å². The number of amides is 1. The van der Waals surface area contributed by atoms with Gasteiger partial charge in [0.1, 0.15) is 17.5 Å². The molecule has 0 aromatic heterocycles. The predicted octanol–water partition coefficient (Wildman–Crippen LogP) is 3.88. The molecule has 0 aliphatic carbocycles. The second kappa shape index (κ2) is 11.7. The van der Waals surface area contributed by atoms with Crippen molar-refractivity contribution in [1.29, 1.82) is 0 Å². The number of nitrogens with zero attached hydrogens (tertiary/aromatic N) is 1. The fourth-order valence-electron chi connectivity index (χ4n) is 4.85. The molecule has 4 rings (SSSR count). The van der Waals surface area contributed by atoms with Crippen molar-refractivity contribution < 1.29 is 23.8 Å². The molecule has 1 saturated heterocycles. The molecule has 1 amide bonds. The van der Waals surface area contributed by atoms with Gasteiger partial charge in [0.25, 0.3) is 5.91 Å². The molecule has 188 valence electrons. The van der Waals surface area contributed by atoms with E-state index < -0.39 is 6.04 Å². The quantitative estimate of drug-likeness (QED) is 0.461. The summed E-state index contributed by atoms with van der Waals surface area (Å²) in [6.07, 6.45) is 0.465. The molecule has 0 spiro atoms. The molecule has 1 aliphatic heterocycles. The molecular weight excluding hydrogens is 456 g/mol. The minimum Gasteiger partial charge on any atom is -0.497 e. The zero-order chi connectivity index (χ0) is 25.5. The standard InChI is InChI=1S/C29H32N2O5/c1-34-23-14-15-24(27(17-23)35-2)28(32)30-22-16-26(29(33)36-3)31(18-22)19-25(20-10-6-4-7-11-20)21-12-8-5-9-13-21/h4-15,17,22,25-26H,16,18-19H2,1-3H3,(H,30,32)/t22-,26+/m1/s1. The lowest BCUT2D eigenvalue weighted by Crippen LogP contribution is -2.40. The van der Waals surface area contributed by atoms with Gasteiger partial charge in [0.15, 0.2) is 0 Å². The summed E-state index contributed by atoms with van der Waals surface area (Å²) in [6, 6.07) is 24.9. The zero-order valence-electron chi connectivity index (χ0n) is 20.8. The Balaban J connectivity index is 1.55. The summed E-state index contributed by atoms with van der Waals surface area (Å²) in [5.41, 5.74) is 2.75. The monoisotopic (exact) mass is 488 g/mol. The topological polar surface area (TPSA) is 77.1 Å². The largest absolute Gasteiger partial charge is 0.497 e. The lowest BCUT2D eigenvalue weighted by molar-refractivity contribution is -0.145. The van der Waals surface area contributed by atoms with Crippen LogP contribution in [0.15, 0.2) is 78.9 Å². The van der Waals surface area contributed by atoms with Gasteiger partial charge in [-0.3, -0.25) is 14.5 Å². The molecule has 7 heteroatoms. The highest BCUT2D eigenvalue weighted by molar-refractivity contribution is 5.97. The number of rotatable bonds is 9. The van der Waals surface area contributed by atoms with Gasteiger partial charge < -0.3 is 19.5 Å². The van der Waals surface area contributed by atoms with Crippen molar-refractivity contribution in [3.63, 3.8) is 0 Å². The maximum atomic E-state index is 13.1. The number of hydrogen-bond donors (Lipinski definition) is 1. The van der Waals surface area contributed by atoms with Gasteiger partial charge in [-0.2, -0.15) is 0 Å². The molecule has 0 bridgehead atoms. The Labute approximate surface area is 212 Å². The summed E-state index contributed by atoms with van der Waals surface area (Å²) in [6.45, 7) is 1.15. The number of hydrogen-bond acceptors (Lipinski definition) is 6. The molecule has 0 saturated carbocycles. The SMILES string of the molecule is COC(=O)[C@@H]1C[C@@H](NC(=O)c2ccc(OC)cc2OC)CN1CC(c1ccccc1)c1ccccc1. The van der Waals surface area contributed by atoms with Gasteiger partial charge in [0, 0.05) is 31.1 Å². The fourth-order valence-corrected chi connectivity index (χ4v) is 4.85. The molecule has 2 atom stereocenters. The van der Waals surface area contributed by atoms with Crippen molar-refractivity contribution in [2.45, 2.75) is 24.4 Å². The molecular formula is C29H32N2O5. The van der Waals surface area contributed by atoms with Crippen LogP contribution in [0.25, 0.3) is 0 Å². The summed E-state index contributed by atoms with van der Waals surface area (Å²) in [7, 11) is 4.48. The third kappa shape index (κ3) is 5.69. The second-order valence-electron chi connectivity index (χ2n) is 8.84. The van der Waals surface area contributed by atoms with Crippen LogP contribution in [0.1, 0.15) is 33.8 Å². The lowest BCUT2D eigenvalue weighted by Gasteiger charge is -2.28. The van der Waals surface area contributed by atoms with E-state index in [1.807, 2.05) is 36.4 Å². The van der Waals surface area contributed by atoms with Crippen LogP contribution in [0.3, 0.4) is 0 Å². The molecule has 1 fully saturated rings. The summed E-state index contributed by atoms with van der Waals surface area (Å²) in [5.74, 6) is 0.547. The van der Waals surface area contributed by atoms with E-state index in [2.05, 4.69) is 34.5 Å². The maximum absolute atomic E-state index is 13.1. The van der Waals surface area contributed by atoms with Gasteiger partial charge in [0.05, 0.1) is 26.9 Å². The van der Waals surface area contributed by atoms with Crippen molar-refractivity contribution in [1.82, 2.24) is 10.2 Å². The van der Waals surface area contributed by atoms with E-state index in [1.165, 1.54) is 25.3 Å². The highest BCUT2D eigenvalue weighted by atomic mass is 16.5. The van der Waals surface area contributed by atoms with Gasteiger partial charge in [-0.05, 0) is 29.7 Å². The highest BCUT2D eigenvalue weighted by Gasteiger charge is 2.39. The van der Waals surface area contributed by atoms with Crippen LogP contribution >= 0.6 is 0 Å². The normalized spacial score (nSPS) is 17.6. The zero-order valence-corrected chi connectivity index (χ0v) is 20.8. The van der Waals surface area contributed by atoms with Crippen molar-refractivity contribution in [3.05, 3.63) is 95.6 Å². The first-order valence-electron chi connectivity index (χ1n) is 12.0. The Hall–Kier alpha value is -3.84. The van der Waals surface area contributed by atoms with Crippen LogP contribution < -0.4 is 14.8 Å². The first-order valence-corrected chi connectivity index (χ1v) is 12.0. The molecule has 3 aromatic rings. The van der Waals surface area contributed by atoms with E-state index >= 15 is 0 Å². The van der Waals surface area contributed by atoms with E-state index in [1.54, 1.807) is 25.3 Å². The van der Waals surface area contributed by atoms with Gasteiger partial charge >= 0.3 is 5.97 Å². The predicted molar refractivity (Wildman–Crippen MR) is 138 cm³/mol. The molecule has 7 nitrogen and oxygen atoms in total. The van der Waals surface area contributed by atoms with Gasteiger partial charge in [-0.15, -0.1) is 0 Å². The van der Waals surface area contributed by atoms with Crippen LogP contribution in [0.4, 0.5) is 0 Å². The van der Waals surface area contributed by atoms with E-state index in [0.29, 0.717) is 36.6 Å². The van der Waals surface area contributed by atoms with Gasteiger partial charge in [0.2, 0.25) is 0 Å². The molecule has 0 radical (unpaired) electrons. The van der Waals surface area contributed by atoms with E-state index in [-0.39, 0.29) is 23.8 Å². The third-order valence-electron chi connectivity index (χ3n) is 6.69. The minimum atomic E-state index is -0.451. The molecule has 1 aliphatic rings. The van der Waals surface area contributed by atoms with E-state index in [9.17, 15) is 9.59 Å². The van der Waals surface area contributed by atoms with E-state index in [0.717, 1.165) is 0 Å². The average molecular weight is 489 g/mol. The number of likely N-dealkylation sites (tertiary alicyclic amines) is 1. The number of carbonyl (C=O) groups excluding carboxylic acids is 2. The number of carbonyl (C=O) groups is 2. The molecule has 3 aromatic carbocycles. The van der Waals surface area contributed by atoms with Crippen molar-refractivity contribution in [2.75, 3.05) is 34.4 Å². The van der Waals surface area contributed by atoms with Crippen molar-refractivity contribution in [2.24, 2.45) is 0 Å². The first kappa shape index (κ1) is 25.3. The number of methoxy groups -OCH3 is 3. The summed E-state index contributed by atoms with van der Waals surface area (Å²) >= 11 is 0. The van der Waals surface area contributed by atoms with E-state index in [4.69, 9.17) is 14.2 Å². The van der Waals surface area contributed by atoms with Gasteiger partial charge in [-0.25, -0.2) is 0 Å². The molecule has 1 N–H and O–H groups in total. The smallest absolute Gasteiger partial charge is 0.323 e. The summed E-state index contributed by atoms with van der Waals surface area (Å²) in [5, 5.41) is 3.09. The van der Waals surface area contributed by atoms with Gasteiger partial charge in [-0.1, -0.05) is 60.7 Å². The maximum Gasteiger partial charge on any atom is 0.323 e. The Morgan fingerprint density at radius 1 is 0.917 bits per heavy atom. The number of nitrogens with one attached hydrogen (secondary N) is 1. The molecule has 36 heavy (non-hydrogen) atoms. The lowest BCUT2D eigenvalue weighted by atomic mass is 9.90. The summed E-state index contributed by atoms with van der Waals surface area (Å²) < 4.78 is 15.8. The Morgan fingerprint density at radius 2 is 1.56 bits per heavy atom. The van der Waals surface area contributed by atoms with Crippen LogP contribution in [-0.4, -0.2) is 63.3 Å². The highest BCUT2D eigenvalue weighted by Crippen LogP contribution is 2.30. The number of esters is 1. The second-order valence-corrected chi connectivity index (χ2v) is 8.84. The minimum absolute atomic E-state index is 0.0655. The molecule has 1 heterocycles. The molecule has 0 unspecified atom stereocenters. The average Bonchev–Trinajstić information content (AvgIpc) is 3.33. The fraction of sp³-hybridized carbons (Fsp3) is 0.310.